The highest BCUT2D eigenvalue weighted by atomic mass is 16.6. The summed E-state index contributed by atoms with van der Waals surface area (Å²) in [6.07, 6.45) is 6.80. The van der Waals surface area contributed by atoms with Gasteiger partial charge in [0.05, 0.1) is 6.33 Å². The number of hydrogen-bond donors (Lipinski definition) is 2. The molecule has 1 aromatic heterocycles. The van der Waals surface area contributed by atoms with Crippen LogP contribution in [0, 0.1) is 0 Å². The number of rotatable bonds is 7. The monoisotopic (exact) mass is 358 g/mol. The molecule has 1 heterocycles. The molecule has 140 valence electrons. The topological polar surface area (TPSA) is 85.2 Å². The van der Waals surface area contributed by atoms with Crippen LogP contribution >= 0.6 is 0 Å². The van der Waals surface area contributed by atoms with Gasteiger partial charge in [-0.3, -0.25) is 10.1 Å². The maximum Gasteiger partial charge on any atom is 0.412 e. The molecule has 0 aliphatic carbocycles. The van der Waals surface area contributed by atoms with E-state index in [0.29, 0.717) is 17.8 Å². The molecule has 0 fully saturated rings. The molecule has 2 amide bonds. The van der Waals surface area contributed by atoms with Crippen LogP contribution in [-0.2, 0) is 11.3 Å². The summed E-state index contributed by atoms with van der Waals surface area (Å²) in [4.78, 5) is 27.8. The van der Waals surface area contributed by atoms with Gasteiger partial charge in [-0.05, 0) is 57.9 Å². The van der Waals surface area contributed by atoms with Gasteiger partial charge in [0.2, 0.25) is 0 Å². The van der Waals surface area contributed by atoms with Crippen LogP contribution in [0.15, 0.2) is 43.0 Å². The molecular formula is C19H26N4O3. The Morgan fingerprint density at radius 2 is 1.88 bits per heavy atom. The average Bonchev–Trinajstić information content (AvgIpc) is 3.06. The summed E-state index contributed by atoms with van der Waals surface area (Å²) in [6.45, 7) is 6.91. The second-order valence-electron chi connectivity index (χ2n) is 6.97. The van der Waals surface area contributed by atoms with Crippen molar-refractivity contribution in [2.45, 2.75) is 45.8 Å². The number of aryl methyl sites for hydroxylation is 1. The van der Waals surface area contributed by atoms with Gasteiger partial charge in [-0.15, -0.1) is 0 Å². The zero-order valence-electron chi connectivity index (χ0n) is 15.5. The van der Waals surface area contributed by atoms with Crippen LogP contribution in [0.1, 0.15) is 44.0 Å². The van der Waals surface area contributed by atoms with Gasteiger partial charge < -0.3 is 14.6 Å². The number of ether oxygens (including phenoxy) is 1. The number of unbranched alkanes of at least 4 members (excludes halogenated alkanes) is 1. The normalized spacial score (nSPS) is 11.0. The fourth-order valence-electron chi connectivity index (χ4n) is 2.27. The first-order valence-corrected chi connectivity index (χ1v) is 8.67. The highest BCUT2D eigenvalue weighted by Crippen LogP contribution is 2.13. The second kappa shape index (κ2) is 9.03. The van der Waals surface area contributed by atoms with E-state index in [2.05, 4.69) is 15.6 Å². The van der Waals surface area contributed by atoms with Crippen molar-refractivity contribution in [1.29, 1.82) is 0 Å². The van der Waals surface area contributed by atoms with Crippen molar-refractivity contribution >= 4 is 17.7 Å². The lowest BCUT2D eigenvalue weighted by Crippen LogP contribution is -2.27. The molecule has 0 aliphatic heterocycles. The maximum atomic E-state index is 12.1. The van der Waals surface area contributed by atoms with Crippen LogP contribution in [0.25, 0.3) is 0 Å². The Morgan fingerprint density at radius 3 is 2.50 bits per heavy atom. The van der Waals surface area contributed by atoms with Crippen LogP contribution < -0.4 is 10.6 Å². The van der Waals surface area contributed by atoms with E-state index in [0.717, 1.165) is 19.4 Å². The summed E-state index contributed by atoms with van der Waals surface area (Å²) < 4.78 is 7.20. The largest absolute Gasteiger partial charge is 0.444 e. The third-order valence-electron chi connectivity index (χ3n) is 3.48. The van der Waals surface area contributed by atoms with Crippen LogP contribution in [0.5, 0.6) is 0 Å². The van der Waals surface area contributed by atoms with Gasteiger partial charge in [0.1, 0.15) is 5.60 Å². The van der Waals surface area contributed by atoms with Gasteiger partial charge in [0.15, 0.2) is 0 Å². The third-order valence-corrected chi connectivity index (χ3v) is 3.48. The van der Waals surface area contributed by atoms with Gasteiger partial charge >= 0.3 is 6.09 Å². The predicted octanol–water partition coefficient (Wildman–Crippen LogP) is 3.44. The molecule has 26 heavy (non-hydrogen) atoms. The smallest absolute Gasteiger partial charge is 0.412 e. The molecule has 7 nitrogen and oxygen atoms in total. The molecule has 7 heteroatoms. The SMILES string of the molecule is CC(C)(C)OC(=O)Nc1ccc(C(=O)NCCCCn2ccnc2)cc1. The molecule has 0 saturated heterocycles. The van der Waals surface area contributed by atoms with Crippen molar-refractivity contribution < 1.29 is 14.3 Å². The number of anilines is 1. The molecule has 0 radical (unpaired) electrons. The zero-order chi connectivity index (χ0) is 19.0. The highest BCUT2D eigenvalue weighted by Gasteiger charge is 2.16. The van der Waals surface area contributed by atoms with Crippen molar-refractivity contribution in [2.24, 2.45) is 0 Å². The Bertz CT molecular complexity index is 703. The summed E-state index contributed by atoms with van der Waals surface area (Å²) in [5, 5.41) is 5.53. The summed E-state index contributed by atoms with van der Waals surface area (Å²) in [5.74, 6) is -0.128. The number of imidazole rings is 1. The van der Waals surface area contributed by atoms with E-state index in [4.69, 9.17) is 4.74 Å². The first-order chi connectivity index (χ1) is 12.3. The zero-order valence-corrected chi connectivity index (χ0v) is 15.5. The molecule has 2 aromatic rings. The standard InChI is InChI=1S/C19H26N4O3/c1-19(2,3)26-18(25)22-16-8-6-15(7-9-16)17(24)21-10-4-5-12-23-13-11-20-14-23/h6-9,11,13-14H,4-5,10,12H2,1-3H3,(H,21,24)(H,22,25). The summed E-state index contributed by atoms with van der Waals surface area (Å²) >= 11 is 0. The minimum atomic E-state index is -0.554. The number of aromatic nitrogens is 2. The van der Waals surface area contributed by atoms with Crippen LogP contribution in [0.4, 0.5) is 10.5 Å². The first kappa shape index (κ1) is 19.5. The second-order valence-corrected chi connectivity index (χ2v) is 6.97. The number of carbonyl (C=O) groups is 2. The Hall–Kier alpha value is -2.83. The van der Waals surface area contributed by atoms with Gasteiger partial charge in [0, 0.05) is 36.7 Å². The average molecular weight is 358 g/mol. The molecule has 0 bridgehead atoms. The number of nitrogens with one attached hydrogen (secondary N) is 2. The van der Waals surface area contributed by atoms with Crippen LogP contribution in [0.3, 0.4) is 0 Å². The predicted molar refractivity (Wildman–Crippen MR) is 100 cm³/mol. The molecular weight excluding hydrogens is 332 g/mol. The molecule has 0 spiro atoms. The molecule has 0 unspecified atom stereocenters. The summed E-state index contributed by atoms with van der Waals surface area (Å²) in [7, 11) is 0. The van der Waals surface area contributed by atoms with E-state index in [-0.39, 0.29) is 5.91 Å². The number of amides is 2. The Balaban J connectivity index is 1.71. The Kier molecular flexibility index (Phi) is 6.77. The molecule has 2 N–H and O–H groups in total. The number of benzene rings is 1. The van der Waals surface area contributed by atoms with Gasteiger partial charge in [-0.1, -0.05) is 0 Å². The Labute approximate surface area is 153 Å². The fourth-order valence-corrected chi connectivity index (χ4v) is 2.27. The van der Waals surface area contributed by atoms with Crippen molar-refractivity contribution in [3.63, 3.8) is 0 Å². The van der Waals surface area contributed by atoms with Crippen molar-refractivity contribution in [2.75, 3.05) is 11.9 Å². The summed E-state index contributed by atoms with van der Waals surface area (Å²) in [6, 6.07) is 6.71. The molecule has 0 atom stereocenters. The van der Waals surface area contributed by atoms with Crippen LogP contribution in [0.2, 0.25) is 0 Å². The fraction of sp³-hybridized carbons (Fsp3) is 0.421. The molecule has 0 aliphatic rings. The molecule has 2 rings (SSSR count). The number of hydrogen-bond acceptors (Lipinski definition) is 4. The minimum Gasteiger partial charge on any atom is -0.444 e. The van der Waals surface area contributed by atoms with E-state index in [1.807, 2.05) is 10.8 Å². The van der Waals surface area contributed by atoms with Crippen molar-refractivity contribution in [3.05, 3.63) is 48.5 Å². The van der Waals surface area contributed by atoms with Crippen molar-refractivity contribution in [3.8, 4) is 0 Å². The highest BCUT2D eigenvalue weighted by molar-refractivity contribution is 5.95. The van der Waals surface area contributed by atoms with Crippen LogP contribution in [-0.4, -0.2) is 33.7 Å². The third kappa shape index (κ3) is 6.96. The van der Waals surface area contributed by atoms with Gasteiger partial charge in [-0.2, -0.15) is 0 Å². The van der Waals surface area contributed by atoms with E-state index in [1.54, 1.807) is 57.6 Å². The number of carbonyl (C=O) groups excluding carboxylic acids is 2. The maximum absolute atomic E-state index is 12.1. The molecule has 1 aromatic carbocycles. The quantitative estimate of drug-likeness (QED) is 0.743. The van der Waals surface area contributed by atoms with E-state index in [1.165, 1.54) is 0 Å². The van der Waals surface area contributed by atoms with Gasteiger partial charge in [-0.25, -0.2) is 9.78 Å². The molecule has 0 saturated carbocycles. The first-order valence-electron chi connectivity index (χ1n) is 8.67. The summed E-state index contributed by atoms with van der Waals surface area (Å²) in [5.41, 5.74) is 0.576. The van der Waals surface area contributed by atoms with Crippen molar-refractivity contribution in [1.82, 2.24) is 14.9 Å². The minimum absolute atomic E-state index is 0.128. The van der Waals surface area contributed by atoms with E-state index in [9.17, 15) is 9.59 Å². The van der Waals surface area contributed by atoms with Gasteiger partial charge in [0.25, 0.3) is 5.91 Å². The lowest BCUT2D eigenvalue weighted by atomic mass is 10.2. The van der Waals surface area contributed by atoms with E-state index >= 15 is 0 Å². The lowest BCUT2D eigenvalue weighted by molar-refractivity contribution is 0.0635. The lowest BCUT2D eigenvalue weighted by Gasteiger charge is -2.19. The Morgan fingerprint density at radius 1 is 1.15 bits per heavy atom. The van der Waals surface area contributed by atoms with E-state index < -0.39 is 11.7 Å². The number of nitrogens with zero attached hydrogens (tertiary/aromatic N) is 2.